The molecule has 0 aliphatic rings. The first-order valence-corrected chi connectivity index (χ1v) is 6.04. The van der Waals surface area contributed by atoms with Gasteiger partial charge in [-0.15, -0.1) is 0 Å². The van der Waals surface area contributed by atoms with Crippen LogP contribution >= 0.6 is 23.3 Å². The Kier molecular flexibility index (Phi) is 2.62. The van der Waals surface area contributed by atoms with Crippen molar-refractivity contribution in [3.8, 4) is 16.9 Å². The predicted octanol–water partition coefficient (Wildman–Crippen LogP) is 3.04. The van der Waals surface area contributed by atoms with Crippen LogP contribution in [0, 0.1) is 0 Å². The fourth-order valence-electron chi connectivity index (χ4n) is 1.53. The molecule has 0 spiro atoms. The van der Waals surface area contributed by atoms with Gasteiger partial charge in [0.05, 0.1) is 17.9 Å². The van der Waals surface area contributed by atoms with Gasteiger partial charge in [-0.3, -0.25) is 0 Å². The maximum atomic E-state index is 5.91. The van der Waals surface area contributed by atoms with E-state index in [1.54, 1.807) is 10.9 Å². The molecule has 0 saturated heterocycles. The number of rotatable bonds is 2. The molecule has 84 valence electrons. The lowest BCUT2D eigenvalue weighted by Crippen LogP contribution is -1.94. The maximum Gasteiger partial charge on any atom is 0.206 e. The lowest BCUT2D eigenvalue weighted by atomic mass is 10.1. The molecule has 0 radical (unpaired) electrons. The van der Waals surface area contributed by atoms with Gasteiger partial charge in [-0.1, -0.05) is 41.9 Å². The van der Waals surface area contributed by atoms with E-state index >= 15 is 0 Å². The van der Waals surface area contributed by atoms with Crippen molar-refractivity contribution in [2.24, 2.45) is 0 Å². The smallest absolute Gasteiger partial charge is 0.206 e. The Labute approximate surface area is 107 Å². The number of benzene rings is 1. The van der Waals surface area contributed by atoms with E-state index in [4.69, 9.17) is 11.6 Å². The average molecular weight is 263 g/mol. The summed E-state index contributed by atoms with van der Waals surface area (Å²) in [5, 5.41) is 4.61. The zero-order valence-electron chi connectivity index (χ0n) is 8.62. The fourth-order valence-corrected chi connectivity index (χ4v) is 2.24. The second-order valence-corrected chi connectivity index (χ2v) is 4.30. The summed E-state index contributed by atoms with van der Waals surface area (Å²) >= 11 is 6.98. The van der Waals surface area contributed by atoms with Crippen molar-refractivity contribution in [3.63, 3.8) is 0 Å². The van der Waals surface area contributed by atoms with Gasteiger partial charge in [0, 0.05) is 11.8 Å². The fraction of sp³-hybridized carbons (Fsp3) is 0. The summed E-state index contributed by atoms with van der Waals surface area (Å²) in [7, 11) is 0. The summed E-state index contributed by atoms with van der Waals surface area (Å²) in [5.41, 5.74) is 2.13. The summed E-state index contributed by atoms with van der Waals surface area (Å²) in [6, 6.07) is 10.0. The van der Waals surface area contributed by atoms with Crippen molar-refractivity contribution in [1.82, 2.24) is 18.5 Å². The molecule has 0 bridgehead atoms. The third kappa shape index (κ3) is 1.94. The standard InChI is InChI=1S/C11H7ClN4S/c12-10-11(15-17-14-10)16-7-9(6-13-16)8-4-2-1-3-5-8/h1-7H. The Hall–Kier alpha value is -1.72. The third-order valence-corrected chi connectivity index (χ3v) is 3.21. The number of aromatic nitrogens is 4. The highest BCUT2D eigenvalue weighted by molar-refractivity contribution is 6.99. The lowest BCUT2D eigenvalue weighted by molar-refractivity contribution is 0.859. The van der Waals surface area contributed by atoms with E-state index in [2.05, 4.69) is 13.8 Å². The molecule has 0 atom stereocenters. The van der Waals surface area contributed by atoms with Crippen molar-refractivity contribution in [2.45, 2.75) is 0 Å². The van der Waals surface area contributed by atoms with Gasteiger partial charge < -0.3 is 0 Å². The SMILES string of the molecule is Clc1nsnc1-n1cc(-c2ccccc2)cn1. The molecular formula is C11H7ClN4S. The van der Waals surface area contributed by atoms with Gasteiger partial charge in [0.25, 0.3) is 0 Å². The zero-order valence-corrected chi connectivity index (χ0v) is 10.2. The second-order valence-electron chi connectivity index (χ2n) is 3.42. The van der Waals surface area contributed by atoms with Crippen LogP contribution in [0.5, 0.6) is 0 Å². The van der Waals surface area contributed by atoms with Crippen LogP contribution in [-0.4, -0.2) is 18.5 Å². The molecule has 17 heavy (non-hydrogen) atoms. The van der Waals surface area contributed by atoms with E-state index in [1.165, 1.54) is 0 Å². The summed E-state index contributed by atoms with van der Waals surface area (Å²) in [6.07, 6.45) is 3.67. The molecule has 0 saturated carbocycles. The summed E-state index contributed by atoms with van der Waals surface area (Å²) < 4.78 is 9.64. The Balaban J connectivity index is 2.02. The van der Waals surface area contributed by atoms with Gasteiger partial charge in [0.2, 0.25) is 5.82 Å². The van der Waals surface area contributed by atoms with Gasteiger partial charge in [0.15, 0.2) is 5.15 Å². The molecule has 3 rings (SSSR count). The molecule has 0 N–H and O–H groups in total. The Morgan fingerprint density at radius 2 is 1.88 bits per heavy atom. The van der Waals surface area contributed by atoms with Crippen molar-refractivity contribution in [2.75, 3.05) is 0 Å². The van der Waals surface area contributed by atoms with Crippen LogP contribution in [-0.2, 0) is 0 Å². The van der Waals surface area contributed by atoms with E-state index in [0.29, 0.717) is 11.0 Å². The predicted molar refractivity (Wildman–Crippen MR) is 67.5 cm³/mol. The molecule has 4 nitrogen and oxygen atoms in total. The van der Waals surface area contributed by atoms with Crippen LogP contribution in [0.4, 0.5) is 0 Å². The summed E-state index contributed by atoms with van der Waals surface area (Å²) in [6.45, 7) is 0. The van der Waals surface area contributed by atoms with Crippen LogP contribution in [0.15, 0.2) is 42.7 Å². The molecular weight excluding hydrogens is 256 g/mol. The largest absolute Gasteiger partial charge is 0.218 e. The molecule has 0 aliphatic carbocycles. The van der Waals surface area contributed by atoms with Gasteiger partial charge >= 0.3 is 0 Å². The number of nitrogens with zero attached hydrogens (tertiary/aromatic N) is 4. The molecule has 6 heteroatoms. The van der Waals surface area contributed by atoms with E-state index in [9.17, 15) is 0 Å². The van der Waals surface area contributed by atoms with Crippen LogP contribution in [0.3, 0.4) is 0 Å². The monoisotopic (exact) mass is 262 g/mol. The van der Waals surface area contributed by atoms with Crippen molar-refractivity contribution in [3.05, 3.63) is 47.9 Å². The molecule has 0 aliphatic heterocycles. The Morgan fingerprint density at radius 3 is 2.59 bits per heavy atom. The normalized spacial score (nSPS) is 10.6. The maximum absolute atomic E-state index is 5.91. The first-order valence-electron chi connectivity index (χ1n) is 4.93. The van der Waals surface area contributed by atoms with Crippen LogP contribution in [0.25, 0.3) is 16.9 Å². The van der Waals surface area contributed by atoms with Crippen LogP contribution in [0.2, 0.25) is 5.15 Å². The minimum atomic E-state index is 0.373. The van der Waals surface area contributed by atoms with Crippen molar-refractivity contribution >= 4 is 23.3 Å². The lowest BCUT2D eigenvalue weighted by Gasteiger charge is -1.95. The summed E-state index contributed by atoms with van der Waals surface area (Å²) in [5.74, 6) is 0.568. The minimum Gasteiger partial charge on any atom is -0.218 e. The van der Waals surface area contributed by atoms with Gasteiger partial charge in [0.1, 0.15) is 0 Å². The third-order valence-electron chi connectivity index (χ3n) is 2.34. The average Bonchev–Trinajstić information content (AvgIpc) is 2.98. The highest BCUT2D eigenvalue weighted by Gasteiger charge is 2.09. The van der Waals surface area contributed by atoms with Crippen molar-refractivity contribution in [1.29, 1.82) is 0 Å². The number of hydrogen-bond acceptors (Lipinski definition) is 4. The van der Waals surface area contributed by atoms with Crippen molar-refractivity contribution < 1.29 is 0 Å². The highest BCUT2D eigenvalue weighted by atomic mass is 35.5. The van der Waals surface area contributed by atoms with E-state index < -0.39 is 0 Å². The Bertz CT molecular complexity index is 632. The zero-order chi connectivity index (χ0) is 11.7. The Morgan fingerprint density at radius 1 is 1.06 bits per heavy atom. The second kappa shape index (κ2) is 4.27. The minimum absolute atomic E-state index is 0.373. The van der Waals surface area contributed by atoms with Crippen LogP contribution < -0.4 is 0 Å². The molecule has 1 aromatic carbocycles. The molecule has 2 aromatic heterocycles. The first-order chi connectivity index (χ1) is 8.34. The highest BCUT2D eigenvalue weighted by Crippen LogP contribution is 2.22. The number of halogens is 1. The van der Waals surface area contributed by atoms with Gasteiger partial charge in [-0.25, -0.2) is 4.68 Å². The number of hydrogen-bond donors (Lipinski definition) is 0. The first kappa shape index (κ1) is 10.4. The van der Waals surface area contributed by atoms with E-state index in [-0.39, 0.29) is 0 Å². The molecule has 0 fully saturated rings. The van der Waals surface area contributed by atoms with Gasteiger partial charge in [-0.2, -0.15) is 13.8 Å². The molecule has 0 unspecified atom stereocenters. The van der Waals surface area contributed by atoms with E-state index in [0.717, 1.165) is 22.9 Å². The summed E-state index contributed by atoms with van der Waals surface area (Å²) in [4.78, 5) is 0. The molecule has 3 aromatic rings. The topological polar surface area (TPSA) is 43.6 Å². The van der Waals surface area contributed by atoms with E-state index in [1.807, 2.05) is 36.5 Å². The van der Waals surface area contributed by atoms with Crippen LogP contribution in [0.1, 0.15) is 0 Å². The molecule has 0 amide bonds. The van der Waals surface area contributed by atoms with Gasteiger partial charge in [-0.05, 0) is 5.56 Å². The quantitative estimate of drug-likeness (QED) is 0.713. The molecule has 2 heterocycles.